The van der Waals surface area contributed by atoms with Crippen molar-refractivity contribution in [1.82, 2.24) is 0 Å². The summed E-state index contributed by atoms with van der Waals surface area (Å²) in [5.74, 6) is -0.244. The highest BCUT2D eigenvalue weighted by atomic mass is 16.6. The van der Waals surface area contributed by atoms with Gasteiger partial charge in [0.15, 0.2) is 0 Å². The number of ether oxygens (including phenoxy) is 2. The molecule has 0 aliphatic rings. The highest BCUT2D eigenvalue weighted by molar-refractivity contribution is 5.69. The highest BCUT2D eigenvalue weighted by Gasteiger charge is 2.13. The number of hydrogen-bond donors (Lipinski definition) is 1. The molecule has 0 radical (unpaired) electrons. The van der Waals surface area contributed by atoms with Gasteiger partial charge in [-0.15, -0.1) is 0 Å². The van der Waals surface area contributed by atoms with E-state index in [9.17, 15) is 9.90 Å². The van der Waals surface area contributed by atoms with Crippen LogP contribution in [0.25, 0.3) is 0 Å². The molecule has 0 aromatic rings. The second kappa shape index (κ2) is 45.7. The van der Waals surface area contributed by atoms with Crippen molar-refractivity contribution < 1.29 is 19.4 Å². The molecule has 0 amide bonds. The van der Waals surface area contributed by atoms with Crippen LogP contribution in [-0.4, -0.2) is 37.0 Å². The molecule has 0 aliphatic carbocycles. The van der Waals surface area contributed by atoms with Gasteiger partial charge in [0, 0.05) is 13.0 Å². The summed E-state index contributed by atoms with van der Waals surface area (Å²) in [7, 11) is 0. The van der Waals surface area contributed by atoms with Crippen LogP contribution >= 0.6 is 0 Å². The van der Waals surface area contributed by atoms with Crippen molar-refractivity contribution in [3.05, 3.63) is 85.1 Å². The second-order valence-corrected chi connectivity index (χ2v) is 14.4. The zero-order valence-corrected chi connectivity index (χ0v) is 34.8. The molecule has 4 nitrogen and oxygen atoms in total. The molecular formula is C49H84O4. The first-order valence-corrected chi connectivity index (χ1v) is 22.2. The fourth-order valence-corrected chi connectivity index (χ4v) is 5.91. The number of aliphatic hydroxyl groups excluding tert-OH is 1. The molecule has 1 N–H and O–H groups in total. The van der Waals surface area contributed by atoms with Crippen LogP contribution in [-0.2, 0) is 14.3 Å². The van der Waals surface area contributed by atoms with Crippen molar-refractivity contribution in [3.8, 4) is 0 Å². The van der Waals surface area contributed by atoms with E-state index >= 15 is 0 Å². The molecule has 1 atom stereocenters. The van der Waals surface area contributed by atoms with Gasteiger partial charge < -0.3 is 14.6 Å². The zero-order chi connectivity index (χ0) is 38.4. The van der Waals surface area contributed by atoms with Gasteiger partial charge >= 0.3 is 5.97 Å². The molecule has 0 aliphatic heterocycles. The monoisotopic (exact) mass is 737 g/mol. The van der Waals surface area contributed by atoms with Gasteiger partial charge in [-0.05, 0) is 89.9 Å². The summed E-state index contributed by atoms with van der Waals surface area (Å²) in [5, 5.41) is 9.60. The maximum atomic E-state index is 12.2. The molecule has 4 heteroatoms. The Labute approximate surface area is 329 Å². The Hall–Kier alpha value is -2.43. The Morgan fingerprint density at radius 2 is 0.849 bits per heavy atom. The van der Waals surface area contributed by atoms with E-state index in [1.165, 1.54) is 109 Å². The van der Waals surface area contributed by atoms with Crippen LogP contribution < -0.4 is 0 Å². The van der Waals surface area contributed by atoms with Crippen molar-refractivity contribution in [1.29, 1.82) is 0 Å². The van der Waals surface area contributed by atoms with Crippen molar-refractivity contribution in [2.75, 3.05) is 19.8 Å². The quantitative estimate of drug-likeness (QED) is 0.0387. The molecule has 0 saturated heterocycles. The van der Waals surface area contributed by atoms with E-state index in [0.29, 0.717) is 13.0 Å². The Bertz CT molecular complexity index is 954. The average molecular weight is 737 g/mol. The molecule has 0 fully saturated rings. The second-order valence-electron chi connectivity index (χ2n) is 14.4. The van der Waals surface area contributed by atoms with Gasteiger partial charge in [-0.2, -0.15) is 0 Å². The van der Waals surface area contributed by atoms with Gasteiger partial charge in [-0.1, -0.05) is 182 Å². The van der Waals surface area contributed by atoms with Crippen LogP contribution in [0.15, 0.2) is 85.1 Å². The average Bonchev–Trinajstić information content (AvgIpc) is 3.16. The SMILES string of the molecule is CC/C=C\C/C=C\C/C=C\C/C=C\CCCCC(=O)OC(CO)COCCCCCCCCCCCCC/C=C\C/C=C\C/C=C\CCCCCCC. The molecule has 0 saturated carbocycles. The lowest BCUT2D eigenvalue weighted by Crippen LogP contribution is -2.27. The Morgan fingerprint density at radius 1 is 0.472 bits per heavy atom. The van der Waals surface area contributed by atoms with E-state index in [-0.39, 0.29) is 19.2 Å². The predicted octanol–water partition coefficient (Wildman–Crippen LogP) is 14.8. The van der Waals surface area contributed by atoms with Gasteiger partial charge in [0.05, 0.1) is 13.2 Å². The van der Waals surface area contributed by atoms with Crippen LogP contribution in [0.4, 0.5) is 0 Å². The van der Waals surface area contributed by atoms with Crippen molar-refractivity contribution in [2.24, 2.45) is 0 Å². The van der Waals surface area contributed by atoms with Crippen molar-refractivity contribution >= 4 is 5.97 Å². The minimum Gasteiger partial charge on any atom is -0.457 e. The number of esters is 1. The summed E-state index contributed by atoms with van der Waals surface area (Å²) in [5.41, 5.74) is 0. The topological polar surface area (TPSA) is 55.8 Å². The summed E-state index contributed by atoms with van der Waals surface area (Å²) in [6, 6.07) is 0. The molecule has 0 aromatic carbocycles. The first-order valence-electron chi connectivity index (χ1n) is 22.2. The molecule has 0 heterocycles. The minimum atomic E-state index is -0.562. The van der Waals surface area contributed by atoms with Crippen LogP contribution in [0.5, 0.6) is 0 Å². The number of allylic oxidation sites excluding steroid dienone is 14. The van der Waals surface area contributed by atoms with Gasteiger partial charge in [-0.3, -0.25) is 4.79 Å². The molecule has 304 valence electrons. The Balaban J connectivity index is 3.49. The molecule has 0 aromatic heterocycles. The van der Waals surface area contributed by atoms with E-state index in [1.54, 1.807) is 0 Å². The molecule has 0 spiro atoms. The summed E-state index contributed by atoms with van der Waals surface area (Å²) in [6.07, 6.45) is 63.7. The number of carbonyl (C=O) groups is 1. The highest BCUT2D eigenvalue weighted by Crippen LogP contribution is 2.13. The van der Waals surface area contributed by atoms with Crippen molar-refractivity contribution in [3.63, 3.8) is 0 Å². The maximum absolute atomic E-state index is 12.2. The van der Waals surface area contributed by atoms with E-state index in [1.807, 2.05) is 0 Å². The van der Waals surface area contributed by atoms with E-state index < -0.39 is 6.10 Å². The predicted molar refractivity (Wildman–Crippen MR) is 232 cm³/mol. The fourth-order valence-electron chi connectivity index (χ4n) is 5.91. The standard InChI is InChI=1S/C49H84O4/c1-3-5-7-9-11-13-15-17-19-20-21-22-23-24-25-26-27-28-29-31-33-35-37-39-41-43-45-52-47-48(46-50)53-49(51)44-42-40-38-36-34-32-30-18-16-14-12-10-8-6-4-2/h6,8,12,14-15,17-18,20-21,23-24,30,34,36,48,50H,3-5,7,9-11,13,16,19,22,25-29,31-33,35,37-47H2,1-2H3/b8-6-,14-12-,17-15-,21-20-,24-23-,30-18-,36-34-. The number of carbonyl (C=O) groups excluding carboxylic acids is 1. The normalized spacial score (nSPS) is 13.2. The van der Waals surface area contributed by atoms with E-state index in [4.69, 9.17) is 9.47 Å². The summed E-state index contributed by atoms with van der Waals surface area (Å²) >= 11 is 0. The zero-order valence-electron chi connectivity index (χ0n) is 34.8. The largest absolute Gasteiger partial charge is 0.457 e. The fraction of sp³-hybridized carbons (Fsp3) is 0.694. The molecule has 53 heavy (non-hydrogen) atoms. The number of hydrogen-bond acceptors (Lipinski definition) is 4. The maximum Gasteiger partial charge on any atom is 0.306 e. The summed E-state index contributed by atoms with van der Waals surface area (Å²) in [6.45, 7) is 5.16. The first kappa shape index (κ1) is 50.6. The molecule has 0 rings (SSSR count). The van der Waals surface area contributed by atoms with Crippen LogP contribution in [0, 0.1) is 0 Å². The molecule has 0 bridgehead atoms. The lowest BCUT2D eigenvalue weighted by Gasteiger charge is -2.15. The van der Waals surface area contributed by atoms with E-state index in [2.05, 4.69) is 98.9 Å². The van der Waals surface area contributed by atoms with Gasteiger partial charge in [0.1, 0.15) is 6.10 Å². The number of rotatable bonds is 40. The third-order valence-electron chi connectivity index (χ3n) is 9.20. The molecular weight excluding hydrogens is 653 g/mol. The van der Waals surface area contributed by atoms with Crippen LogP contribution in [0.3, 0.4) is 0 Å². The lowest BCUT2D eigenvalue weighted by atomic mass is 10.1. The number of aliphatic hydroxyl groups is 1. The third-order valence-corrected chi connectivity index (χ3v) is 9.20. The lowest BCUT2D eigenvalue weighted by molar-refractivity contribution is -0.154. The van der Waals surface area contributed by atoms with Crippen LogP contribution in [0.2, 0.25) is 0 Å². The van der Waals surface area contributed by atoms with Gasteiger partial charge in [-0.25, -0.2) is 0 Å². The summed E-state index contributed by atoms with van der Waals surface area (Å²) in [4.78, 5) is 12.2. The Kier molecular flexibility index (Phi) is 43.6. The number of unbranched alkanes of at least 4 members (excludes halogenated alkanes) is 18. The van der Waals surface area contributed by atoms with Gasteiger partial charge in [0.2, 0.25) is 0 Å². The minimum absolute atomic E-state index is 0.194. The molecule has 1 unspecified atom stereocenters. The summed E-state index contributed by atoms with van der Waals surface area (Å²) < 4.78 is 11.1. The third kappa shape index (κ3) is 43.9. The first-order chi connectivity index (χ1) is 26.2. The Morgan fingerprint density at radius 3 is 1.28 bits per heavy atom. The van der Waals surface area contributed by atoms with E-state index in [0.717, 1.165) is 64.2 Å². The van der Waals surface area contributed by atoms with Crippen LogP contribution in [0.1, 0.15) is 194 Å². The van der Waals surface area contributed by atoms with Gasteiger partial charge in [0.25, 0.3) is 0 Å². The van der Waals surface area contributed by atoms with Crippen molar-refractivity contribution in [2.45, 2.75) is 200 Å². The smallest absolute Gasteiger partial charge is 0.306 e.